The first kappa shape index (κ1) is 16.7. The molecule has 1 rings (SSSR count). The fourth-order valence-electron chi connectivity index (χ4n) is 2.60. The SMILES string of the molecule is CC(C)CP(CCCCc1ccccc1)CC(C)C. The molecule has 0 amide bonds. The monoisotopic (exact) mass is 278 g/mol. The minimum atomic E-state index is 0.280. The molecular weight excluding hydrogens is 247 g/mol. The zero-order chi connectivity index (χ0) is 14.1. The molecule has 19 heavy (non-hydrogen) atoms. The summed E-state index contributed by atoms with van der Waals surface area (Å²) in [7, 11) is 0.280. The molecule has 0 fully saturated rings. The van der Waals surface area contributed by atoms with Crippen molar-refractivity contribution in [3.63, 3.8) is 0 Å². The lowest BCUT2D eigenvalue weighted by Gasteiger charge is -2.21. The van der Waals surface area contributed by atoms with Gasteiger partial charge in [0.25, 0.3) is 0 Å². The molecule has 0 radical (unpaired) electrons. The summed E-state index contributed by atoms with van der Waals surface area (Å²) in [6.45, 7) is 9.50. The van der Waals surface area contributed by atoms with E-state index in [1.54, 1.807) is 0 Å². The van der Waals surface area contributed by atoms with E-state index < -0.39 is 0 Å². The van der Waals surface area contributed by atoms with Gasteiger partial charge in [-0.2, -0.15) is 0 Å². The van der Waals surface area contributed by atoms with Crippen LogP contribution in [0.4, 0.5) is 0 Å². The molecule has 0 bridgehead atoms. The third kappa shape index (κ3) is 8.43. The summed E-state index contributed by atoms with van der Waals surface area (Å²) in [4.78, 5) is 0. The van der Waals surface area contributed by atoms with Crippen LogP contribution in [0.15, 0.2) is 30.3 Å². The van der Waals surface area contributed by atoms with Crippen LogP contribution in [-0.4, -0.2) is 18.5 Å². The van der Waals surface area contributed by atoms with Gasteiger partial charge in [0.1, 0.15) is 0 Å². The summed E-state index contributed by atoms with van der Waals surface area (Å²) in [6.07, 6.45) is 8.46. The van der Waals surface area contributed by atoms with Crippen LogP contribution in [0.2, 0.25) is 0 Å². The number of aryl methyl sites for hydroxylation is 1. The second-order valence-electron chi connectivity index (χ2n) is 6.49. The largest absolute Gasteiger partial charge is 0.106 e. The first-order valence-electron chi connectivity index (χ1n) is 7.84. The van der Waals surface area contributed by atoms with Crippen LogP contribution in [-0.2, 0) is 6.42 Å². The molecular formula is C18H31P. The van der Waals surface area contributed by atoms with E-state index in [-0.39, 0.29) is 7.92 Å². The number of unbranched alkanes of at least 4 members (excludes halogenated alkanes) is 1. The molecule has 1 aromatic rings. The molecule has 1 aromatic carbocycles. The van der Waals surface area contributed by atoms with Crippen molar-refractivity contribution in [2.75, 3.05) is 18.5 Å². The van der Waals surface area contributed by atoms with Gasteiger partial charge in [-0.3, -0.25) is 0 Å². The van der Waals surface area contributed by atoms with Gasteiger partial charge in [0, 0.05) is 0 Å². The average molecular weight is 278 g/mol. The van der Waals surface area contributed by atoms with E-state index >= 15 is 0 Å². The van der Waals surface area contributed by atoms with Crippen LogP contribution >= 0.6 is 7.92 Å². The molecule has 0 saturated heterocycles. The smallest absolute Gasteiger partial charge is 0.0279 e. The number of hydrogen-bond acceptors (Lipinski definition) is 0. The fourth-order valence-corrected chi connectivity index (χ4v) is 5.85. The molecule has 0 aromatic heterocycles. The minimum absolute atomic E-state index is 0.280. The summed E-state index contributed by atoms with van der Waals surface area (Å²) in [5, 5.41) is 0. The van der Waals surface area contributed by atoms with Gasteiger partial charge in [0.15, 0.2) is 0 Å². The highest BCUT2D eigenvalue weighted by Gasteiger charge is 2.11. The number of hydrogen-bond donors (Lipinski definition) is 0. The van der Waals surface area contributed by atoms with E-state index in [1.807, 2.05) is 0 Å². The molecule has 0 nitrogen and oxygen atoms in total. The first-order valence-corrected chi connectivity index (χ1v) is 9.74. The normalized spacial score (nSPS) is 11.7. The minimum Gasteiger partial charge on any atom is -0.106 e. The van der Waals surface area contributed by atoms with Crippen molar-refractivity contribution in [2.45, 2.75) is 47.0 Å². The van der Waals surface area contributed by atoms with Crippen molar-refractivity contribution in [3.8, 4) is 0 Å². The molecule has 0 aliphatic carbocycles. The Labute approximate surface area is 121 Å². The molecule has 0 N–H and O–H groups in total. The molecule has 1 heteroatoms. The van der Waals surface area contributed by atoms with Gasteiger partial charge in [-0.15, -0.1) is 7.92 Å². The van der Waals surface area contributed by atoms with Gasteiger partial charge in [0.05, 0.1) is 0 Å². The van der Waals surface area contributed by atoms with Gasteiger partial charge < -0.3 is 0 Å². The predicted octanol–water partition coefficient (Wildman–Crippen LogP) is 5.80. The van der Waals surface area contributed by atoms with Crippen molar-refractivity contribution in [1.82, 2.24) is 0 Å². The standard InChI is InChI=1S/C18H31P/c1-16(2)14-19(15-17(3)4)13-9-8-12-18-10-6-5-7-11-18/h5-7,10-11,16-17H,8-9,12-15H2,1-4H3. The lowest BCUT2D eigenvalue weighted by atomic mass is 10.1. The van der Waals surface area contributed by atoms with E-state index in [4.69, 9.17) is 0 Å². The molecule has 0 spiro atoms. The van der Waals surface area contributed by atoms with Gasteiger partial charge >= 0.3 is 0 Å². The summed E-state index contributed by atoms with van der Waals surface area (Å²) >= 11 is 0. The Morgan fingerprint density at radius 2 is 1.42 bits per heavy atom. The maximum Gasteiger partial charge on any atom is -0.0279 e. The van der Waals surface area contributed by atoms with Crippen molar-refractivity contribution < 1.29 is 0 Å². The van der Waals surface area contributed by atoms with Crippen LogP contribution in [0.5, 0.6) is 0 Å². The lowest BCUT2D eigenvalue weighted by Crippen LogP contribution is -2.05. The van der Waals surface area contributed by atoms with Gasteiger partial charge in [-0.05, 0) is 55.1 Å². The zero-order valence-electron chi connectivity index (χ0n) is 13.2. The Morgan fingerprint density at radius 1 is 0.842 bits per heavy atom. The molecule has 0 unspecified atom stereocenters. The molecule has 0 atom stereocenters. The highest BCUT2D eigenvalue weighted by Crippen LogP contribution is 2.40. The third-order valence-corrected chi connectivity index (χ3v) is 6.72. The Morgan fingerprint density at radius 3 is 1.95 bits per heavy atom. The predicted molar refractivity (Wildman–Crippen MR) is 90.6 cm³/mol. The molecule has 0 aliphatic heterocycles. The highest BCUT2D eigenvalue weighted by atomic mass is 31.1. The Kier molecular flexibility index (Phi) is 8.38. The van der Waals surface area contributed by atoms with Crippen LogP contribution in [0.1, 0.15) is 46.1 Å². The van der Waals surface area contributed by atoms with Gasteiger partial charge in [-0.1, -0.05) is 58.0 Å². The van der Waals surface area contributed by atoms with E-state index in [0.29, 0.717) is 0 Å². The quantitative estimate of drug-likeness (QED) is 0.395. The van der Waals surface area contributed by atoms with E-state index in [0.717, 1.165) is 11.8 Å². The molecule has 0 saturated carbocycles. The second kappa shape index (κ2) is 9.54. The van der Waals surface area contributed by atoms with E-state index in [9.17, 15) is 0 Å². The summed E-state index contributed by atoms with van der Waals surface area (Å²) < 4.78 is 0. The maximum atomic E-state index is 2.37. The average Bonchev–Trinajstić information content (AvgIpc) is 2.34. The number of benzene rings is 1. The molecule has 108 valence electrons. The zero-order valence-corrected chi connectivity index (χ0v) is 14.1. The maximum absolute atomic E-state index is 2.37. The van der Waals surface area contributed by atoms with Crippen molar-refractivity contribution in [3.05, 3.63) is 35.9 Å². The Bertz CT molecular complexity index is 306. The molecule has 0 aliphatic rings. The first-order chi connectivity index (χ1) is 9.08. The second-order valence-corrected chi connectivity index (χ2v) is 9.01. The Balaban J connectivity index is 2.23. The Hall–Kier alpha value is -0.350. The summed E-state index contributed by atoms with van der Waals surface area (Å²) in [5.41, 5.74) is 1.50. The van der Waals surface area contributed by atoms with Crippen molar-refractivity contribution in [2.24, 2.45) is 11.8 Å². The van der Waals surface area contributed by atoms with Crippen molar-refractivity contribution >= 4 is 7.92 Å². The third-order valence-electron chi connectivity index (χ3n) is 3.28. The van der Waals surface area contributed by atoms with E-state index in [2.05, 4.69) is 58.0 Å². The fraction of sp³-hybridized carbons (Fsp3) is 0.667. The van der Waals surface area contributed by atoms with Crippen molar-refractivity contribution in [1.29, 1.82) is 0 Å². The van der Waals surface area contributed by atoms with Crippen LogP contribution in [0.25, 0.3) is 0 Å². The van der Waals surface area contributed by atoms with Gasteiger partial charge in [-0.25, -0.2) is 0 Å². The lowest BCUT2D eigenvalue weighted by molar-refractivity contribution is 0.711. The number of rotatable bonds is 9. The van der Waals surface area contributed by atoms with Crippen LogP contribution in [0, 0.1) is 11.8 Å². The topological polar surface area (TPSA) is 0 Å². The summed E-state index contributed by atoms with van der Waals surface area (Å²) in [6, 6.07) is 10.9. The highest BCUT2D eigenvalue weighted by molar-refractivity contribution is 7.57. The van der Waals surface area contributed by atoms with Gasteiger partial charge in [0.2, 0.25) is 0 Å². The van der Waals surface area contributed by atoms with Crippen LogP contribution in [0.3, 0.4) is 0 Å². The summed E-state index contributed by atoms with van der Waals surface area (Å²) in [5.74, 6) is 1.75. The molecule has 0 heterocycles. The van der Waals surface area contributed by atoms with E-state index in [1.165, 1.54) is 43.3 Å². The van der Waals surface area contributed by atoms with Crippen LogP contribution < -0.4 is 0 Å².